The zero-order valence-corrected chi connectivity index (χ0v) is 13.9. The molecule has 1 amide bonds. The molecule has 3 rings (SSSR count). The Kier molecular flexibility index (Phi) is 5.02. The van der Waals surface area contributed by atoms with E-state index in [1.807, 2.05) is 19.1 Å². The summed E-state index contributed by atoms with van der Waals surface area (Å²) in [5, 5.41) is 7.26. The molecule has 24 heavy (non-hydrogen) atoms. The van der Waals surface area contributed by atoms with Crippen molar-refractivity contribution in [3.63, 3.8) is 0 Å². The van der Waals surface area contributed by atoms with Crippen molar-refractivity contribution in [3.05, 3.63) is 35.9 Å². The molecule has 6 nitrogen and oxygen atoms in total. The molecule has 0 aliphatic carbocycles. The number of carbonyl (C=O) groups excluding carboxylic acids is 1. The Morgan fingerprint density at radius 2 is 2.21 bits per heavy atom. The zero-order valence-electron chi connectivity index (χ0n) is 13.9. The highest BCUT2D eigenvalue weighted by Gasteiger charge is 2.25. The van der Waals surface area contributed by atoms with Crippen molar-refractivity contribution in [1.82, 2.24) is 14.7 Å². The van der Waals surface area contributed by atoms with E-state index >= 15 is 0 Å². The number of aromatic nitrogens is 2. The molecule has 2 aromatic rings. The van der Waals surface area contributed by atoms with Crippen LogP contribution in [0, 0.1) is 25.2 Å². The van der Waals surface area contributed by atoms with Crippen molar-refractivity contribution in [2.45, 2.75) is 26.3 Å². The van der Waals surface area contributed by atoms with Gasteiger partial charge in [-0.2, -0.15) is 5.10 Å². The third kappa shape index (κ3) is 3.87. The van der Waals surface area contributed by atoms with Gasteiger partial charge in [0.25, 0.3) is 0 Å². The Balaban J connectivity index is 1.58. The summed E-state index contributed by atoms with van der Waals surface area (Å²) in [6.45, 7) is 4.79. The van der Waals surface area contributed by atoms with Gasteiger partial charge in [-0.05, 0) is 45.0 Å². The number of aryl methyl sites for hydroxylation is 1. The van der Waals surface area contributed by atoms with Gasteiger partial charge >= 0.3 is 0 Å². The molecule has 0 saturated carbocycles. The molecule has 0 bridgehead atoms. The van der Waals surface area contributed by atoms with Gasteiger partial charge in [-0.3, -0.25) is 9.69 Å². The number of terminal acetylenes is 1. The number of hydrogen-bond donors (Lipinski definition) is 1. The van der Waals surface area contributed by atoms with E-state index in [9.17, 15) is 4.79 Å². The molecule has 0 atom stereocenters. The lowest BCUT2D eigenvalue weighted by molar-refractivity contribution is -0.121. The first-order valence-electron chi connectivity index (χ1n) is 8.19. The van der Waals surface area contributed by atoms with Crippen molar-refractivity contribution >= 4 is 11.7 Å². The molecule has 0 radical (unpaired) electrons. The molecule has 0 spiro atoms. The fourth-order valence-corrected chi connectivity index (χ4v) is 2.99. The number of furan rings is 1. The predicted octanol–water partition coefficient (Wildman–Crippen LogP) is 2.12. The maximum atomic E-state index is 12.5. The average molecular weight is 326 g/mol. The zero-order chi connectivity index (χ0) is 16.9. The van der Waals surface area contributed by atoms with Gasteiger partial charge in [-0.1, -0.05) is 5.92 Å². The van der Waals surface area contributed by atoms with E-state index in [0.29, 0.717) is 18.9 Å². The Hall–Kier alpha value is -2.52. The normalized spacial score (nSPS) is 16.0. The number of hydrogen-bond acceptors (Lipinski definition) is 4. The van der Waals surface area contributed by atoms with Crippen molar-refractivity contribution in [3.8, 4) is 12.3 Å². The summed E-state index contributed by atoms with van der Waals surface area (Å²) in [5.41, 5.74) is 0. The number of anilines is 1. The Morgan fingerprint density at radius 3 is 2.88 bits per heavy atom. The number of nitrogens with zero attached hydrogens (tertiary/aromatic N) is 3. The molecular formula is C18H22N4O2. The van der Waals surface area contributed by atoms with Crippen molar-refractivity contribution in [2.75, 3.05) is 25.0 Å². The van der Waals surface area contributed by atoms with Crippen molar-refractivity contribution in [2.24, 2.45) is 5.92 Å². The highest BCUT2D eigenvalue weighted by Crippen LogP contribution is 2.20. The highest BCUT2D eigenvalue weighted by molar-refractivity contribution is 5.91. The number of likely N-dealkylation sites (tertiary alicyclic amines) is 1. The van der Waals surface area contributed by atoms with Crippen LogP contribution in [0.5, 0.6) is 0 Å². The largest absolute Gasteiger partial charge is 0.464 e. The molecule has 1 saturated heterocycles. The molecule has 6 heteroatoms. The van der Waals surface area contributed by atoms with Crippen LogP contribution >= 0.6 is 0 Å². The summed E-state index contributed by atoms with van der Waals surface area (Å²) in [5.74, 6) is 5.10. The maximum absolute atomic E-state index is 12.5. The average Bonchev–Trinajstić information content (AvgIpc) is 3.18. The summed E-state index contributed by atoms with van der Waals surface area (Å²) in [6, 6.07) is 5.64. The number of carbonyl (C=O) groups is 1. The fourth-order valence-electron chi connectivity index (χ4n) is 2.99. The summed E-state index contributed by atoms with van der Waals surface area (Å²) in [7, 11) is 0. The lowest BCUT2D eigenvalue weighted by Gasteiger charge is -2.29. The minimum atomic E-state index is 0.0215. The smallest absolute Gasteiger partial charge is 0.228 e. The highest BCUT2D eigenvalue weighted by atomic mass is 16.3. The Bertz CT molecular complexity index is 732. The first-order valence-corrected chi connectivity index (χ1v) is 8.19. The number of rotatable bonds is 5. The van der Waals surface area contributed by atoms with Crippen LogP contribution in [-0.4, -0.2) is 40.2 Å². The summed E-state index contributed by atoms with van der Waals surface area (Å²) >= 11 is 0. The minimum absolute atomic E-state index is 0.0215. The molecule has 126 valence electrons. The van der Waals surface area contributed by atoms with Crippen LogP contribution in [0.2, 0.25) is 0 Å². The monoisotopic (exact) mass is 326 g/mol. The van der Waals surface area contributed by atoms with Gasteiger partial charge in [-0.25, -0.2) is 4.68 Å². The van der Waals surface area contributed by atoms with Crippen LogP contribution in [0.3, 0.4) is 0 Å². The van der Waals surface area contributed by atoms with Gasteiger partial charge in [0.2, 0.25) is 5.91 Å². The Labute approximate surface area is 141 Å². The lowest BCUT2D eigenvalue weighted by Crippen LogP contribution is -2.38. The van der Waals surface area contributed by atoms with Crippen LogP contribution < -0.4 is 5.32 Å². The number of amides is 1. The second-order valence-electron chi connectivity index (χ2n) is 6.13. The quantitative estimate of drug-likeness (QED) is 0.855. The predicted molar refractivity (Wildman–Crippen MR) is 91.4 cm³/mol. The molecule has 1 fully saturated rings. The molecular weight excluding hydrogens is 304 g/mol. The van der Waals surface area contributed by atoms with Gasteiger partial charge in [0.05, 0.1) is 12.7 Å². The van der Waals surface area contributed by atoms with Crippen molar-refractivity contribution < 1.29 is 9.21 Å². The first-order chi connectivity index (χ1) is 11.7. The summed E-state index contributed by atoms with van der Waals surface area (Å²) in [6.07, 6.45) is 8.68. The minimum Gasteiger partial charge on any atom is -0.464 e. The van der Waals surface area contributed by atoms with Gasteiger partial charge in [0.1, 0.15) is 23.9 Å². The SMILES string of the molecule is C#CCN1CCC(C(=O)Nc2ccnn2Cc2ccc(C)o2)CC1. The van der Waals surface area contributed by atoms with Gasteiger partial charge in [-0.15, -0.1) is 6.42 Å². The second-order valence-corrected chi connectivity index (χ2v) is 6.13. The Morgan fingerprint density at radius 1 is 1.42 bits per heavy atom. The van der Waals surface area contributed by atoms with Crippen LogP contribution in [-0.2, 0) is 11.3 Å². The van der Waals surface area contributed by atoms with E-state index in [-0.39, 0.29) is 11.8 Å². The second kappa shape index (κ2) is 7.37. The van der Waals surface area contributed by atoms with Gasteiger partial charge in [0, 0.05) is 12.0 Å². The van der Waals surface area contributed by atoms with E-state index in [1.54, 1.807) is 16.9 Å². The molecule has 1 N–H and O–H groups in total. The molecule has 1 aliphatic rings. The molecule has 0 aromatic carbocycles. The maximum Gasteiger partial charge on any atom is 0.228 e. The van der Waals surface area contributed by atoms with Crippen LogP contribution in [0.25, 0.3) is 0 Å². The van der Waals surface area contributed by atoms with Gasteiger partial charge in [0.15, 0.2) is 0 Å². The van der Waals surface area contributed by atoms with Crippen molar-refractivity contribution in [1.29, 1.82) is 0 Å². The molecule has 1 aliphatic heterocycles. The molecule has 2 aromatic heterocycles. The first kappa shape index (κ1) is 16.3. The number of nitrogens with one attached hydrogen (secondary N) is 1. The van der Waals surface area contributed by atoms with E-state index < -0.39 is 0 Å². The fraction of sp³-hybridized carbons (Fsp3) is 0.444. The van der Waals surface area contributed by atoms with Gasteiger partial charge < -0.3 is 9.73 Å². The summed E-state index contributed by atoms with van der Waals surface area (Å²) in [4.78, 5) is 14.7. The third-order valence-electron chi connectivity index (χ3n) is 4.34. The van der Waals surface area contributed by atoms with E-state index in [0.717, 1.165) is 37.5 Å². The van der Waals surface area contributed by atoms with E-state index in [1.165, 1.54) is 0 Å². The van der Waals surface area contributed by atoms with E-state index in [2.05, 4.69) is 21.2 Å². The number of piperidine rings is 1. The molecule has 0 unspecified atom stereocenters. The van der Waals surface area contributed by atoms with Crippen LogP contribution in [0.15, 0.2) is 28.8 Å². The molecule has 3 heterocycles. The van der Waals surface area contributed by atoms with E-state index in [4.69, 9.17) is 10.8 Å². The summed E-state index contributed by atoms with van der Waals surface area (Å²) < 4.78 is 7.31. The van der Waals surface area contributed by atoms with Crippen LogP contribution in [0.4, 0.5) is 5.82 Å². The standard InChI is InChI=1S/C18H22N4O2/c1-3-10-21-11-7-15(8-12-21)18(23)20-17-6-9-19-22(17)13-16-5-4-14(2)24-16/h1,4-6,9,15H,7-8,10-13H2,2H3,(H,20,23). The third-order valence-corrected chi connectivity index (χ3v) is 4.34. The van der Waals surface area contributed by atoms with Crippen LogP contribution in [0.1, 0.15) is 24.4 Å². The lowest BCUT2D eigenvalue weighted by atomic mass is 9.96. The topological polar surface area (TPSA) is 63.3 Å².